The highest BCUT2D eigenvalue weighted by molar-refractivity contribution is 5.71. The molecule has 0 aromatic carbocycles. The number of esters is 3. The smallest absolute Gasteiger partial charge is 0.306 e. The number of rotatable bonds is 59. The van der Waals surface area contributed by atoms with Crippen LogP contribution < -0.4 is 0 Å². The molecule has 1 atom stereocenters. The Kier molecular flexibility index (Phi) is 60.7. The van der Waals surface area contributed by atoms with Crippen molar-refractivity contribution < 1.29 is 28.6 Å². The quantitative estimate of drug-likeness (QED) is 0.0261. The van der Waals surface area contributed by atoms with Gasteiger partial charge in [-0.3, -0.25) is 14.4 Å². The van der Waals surface area contributed by atoms with E-state index in [1.807, 2.05) is 6.08 Å². The maximum atomic E-state index is 12.9. The summed E-state index contributed by atoms with van der Waals surface area (Å²) >= 11 is 0. The summed E-state index contributed by atoms with van der Waals surface area (Å²) in [5.41, 5.74) is 0. The highest BCUT2D eigenvalue weighted by Gasteiger charge is 2.19. The molecule has 0 bridgehead atoms. The van der Waals surface area contributed by atoms with Crippen LogP contribution in [-0.4, -0.2) is 37.2 Å². The topological polar surface area (TPSA) is 78.9 Å². The van der Waals surface area contributed by atoms with Crippen molar-refractivity contribution in [1.82, 2.24) is 0 Å². The molecule has 0 aliphatic rings. The van der Waals surface area contributed by atoms with Crippen LogP contribution in [0.1, 0.15) is 329 Å². The molecule has 1 unspecified atom stereocenters. The number of ether oxygens (including phenoxy) is 3. The molecule has 0 N–H and O–H groups in total. The third kappa shape index (κ3) is 61.6. The molecule has 0 heterocycles. The van der Waals surface area contributed by atoms with Gasteiger partial charge in [0.25, 0.3) is 0 Å². The average Bonchev–Trinajstić information content (AvgIpc) is 3.41. The van der Waals surface area contributed by atoms with Crippen LogP contribution in [0, 0.1) is 0 Å². The Labute approximate surface area is 465 Å². The van der Waals surface area contributed by atoms with Crippen LogP contribution in [0.15, 0.2) is 72.9 Å². The van der Waals surface area contributed by atoms with E-state index in [0.717, 1.165) is 77.0 Å². The normalized spacial score (nSPS) is 12.5. The van der Waals surface area contributed by atoms with E-state index in [0.29, 0.717) is 19.3 Å². The summed E-state index contributed by atoms with van der Waals surface area (Å²) in [6.45, 7) is 6.51. The zero-order valence-corrected chi connectivity index (χ0v) is 49.8. The second-order valence-electron chi connectivity index (χ2n) is 21.7. The predicted octanol–water partition coefficient (Wildman–Crippen LogP) is 22.1. The fraction of sp³-hybridized carbons (Fsp3) is 0.783. The van der Waals surface area contributed by atoms with Crippen molar-refractivity contribution in [3.8, 4) is 0 Å². The summed E-state index contributed by atoms with van der Waals surface area (Å²) in [6.07, 6.45) is 82.2. The second-order valence-corrected chi connectivity index (χ2v) is 21.7. The number of hydrogen-bond acceptors (Lipinski definition) is 6. The molecule has 0 rings (SSSR count). The van der Waals surface area contributed by atoms with Gasteiger partial charge in [0.2, 0.25) is 0 Å². The van der Waals surface area contributed by atoms with Gasteiger partial charge < -0.3 is 14.2 Å². The molecule has 6 nitrogen and oxygen atoms in total. The first kappa shape index (κ1) is 71.8. The minimum absolute atomic E-state index is 0.101. The highest BCUT2D eigenvalue weighted by atomic mass is 16.6. The molecular formula is C69H122O6. The highest BCUT2D eigenvalue weighted by Crippen LogP contribution is 2.18. The maximum Gasteiger partial charge on any atom is 0.306 e. The molecule has 0 aliphatic carbocycles. The Balaban J connectivity index is 4.37. The van der Waals surface area contributed by atoms with Gasteiger partial charge >= 0.3 is 17.9 Å². The Morgan fingerprint density at radius 1 is 0.280 bits per heavy atom. The molecule has 0 aromatic heterocycles. The van der Waals surface area contributed by atoms with Gasteiger partial charge in [-0.15, -0.1) is 0 Å². The van der Waals surface area contributed by atoms with Crippen LogP contribution in [0.3, 0.4) is 0 Å². The molecule has 6 heteroatoms. The average molecular weight is 1050 g/mol. The number of carbonyl (C=O) groups is 3. The van der Waals surface area contributed by atoms with Gasteiger partial charge in [0.15, 0.2) is 6.10 Å². The fourth-order valence-corrected chi connectivity index (χ4v) is 9.41. The van der Waals surface area contributed by atoms with E-state index in [2.05, 4.69) is 87.6 Å². The van der Waals surface area contributed by atoms with Gasteiger partial charge in [-0.25, -0.2) is 0 Å². The Morgan fingerprint density at radius 3 is 0.787 bits per heavy atom. The molecule has 0 saturated carbocycles. The van der Waals surface area contributed by atoms with Crippen LogP contribution in [0.2, 0.25) is 0 Å². The van der Waals surface area contributed by atoms with Gasteiger partial charge in [0.1, 0.15) is 13.2 Å². The summed E-state index contributed by atoms with van der Waals surface area (Å²) in [4.78, 5) is 38.3. The second kappa shape index (κ2) is 63.4. The fourth-order valence-electron chi connectivity index (χ4n) is 9.41. The number of allylic oxidation sites excluding steroid dienone is 12. The first-order chi connectivity index (χ1) is 37.0. The van der Waals surface area contributed by atoms with Crippen molar-refractivity contribution in [3.63, 3.8) is 0 Å². The van der Waals surface area contributed by atoms with E-state index in [4.69, 9.17) is 14.2 Å². The zero-order chi connectivity index (χ0) is 54.3. The first-order valence-corrected chi connectivity index (χ1v) is 32.4. The summed E-state index contributed by atoms with van der Waals surface area (Å²) < 4.78 is 16.9. The van der Waals surface area contributed by atoms with Gasteiger partial charge in [-0.2, -0.15) is 0 Å². The summed E-state index contributed by atoms with van der Waals surface area (Å²) in [6, 6.07) is 0. The minimum Gasteiger partial charge on any atom is -0.462 e. The van der Waals surface area contributed by atoms with Gasteiger partial charge in [0.05, 0.1) is 0 Å². The maximum absolute atomic E-state index is 12.9. The Morgan fingerprint density at radius 2 is 0.520 bits per heavy atom. The van der Waals surface area contributed by atoms with Crippen LogP contribution >= 0.6 is 0 Å². The minimum atomic E-state index is -0.814. The monoisotopic (exact) mass is 1050 g/mol. The molecule has 0 saturated heterocycles. The molecule has 0 fully saturated rings. The number of unbranched alkanes of at least 4 members (excludes halogenated alkanes) is 36. The molecule has 0 amide bonds. The van der Waals surface area contributed by atoms with E-state index in [9.17, 15) is 14.4 Å². The van der Waals surface area contributed by atoms with Gasteiger partial charge in [-0.05, 0) is 57.8 Å². The first-order valence-electron chi connectivity index (χ1n) is 32.4. The number of carbonyl (C=O) groups excluding carboxylic acids is 3. The van der Waals surface area contributed by atoms with Crippen molar-refractivity contribution in [2.24, 2.45) is 0 Å². The summed E-state index contributed by atoms with van der Waals surface area (Å²) in [5.74, 6) is -0.968. The van der Waals surface area contributed by atoms with Gasteiger partial charge in [0, 0.05) is 19.3 Å². The van der Waals surface area contributed by atoms with Gasteiger partial charge in [-0.1, -0.05) is 325 Å². The lowest BCUT2D eigenvalue weighted by atomic mass is 10.0. The lowest BCUT2D eigenvalue weighted by Gasteiger charge is -2.18. The summed E-state index contributed by atoms with van der Waals surface area (Å²) in [7, 11) is 0. The van der Waals surface area contributed by atoms with Crippen LogP contribution in [0.4, 0.5) is 0 Å². The lowest BCUT2D eigenvalue weighted by molar-refractivity contribution is -0.166. The molecule has 0 spiro atoms. The molecule has 0 aliphatic heterocycles. The molecule has 0 radical (unpaired) electrons. The van der Waals surface area contributed by atoms with Crippen LogP contribution in [-0.2, 0) is 28.6 Å². The third-order valence-corrected chi connectivity index (χ3v) is 14.2. The lowest BCUT2D eigenvalue weighted by Crippen LogP contribution is -2.30. The van der Waals surface area contributed by atoms with Crippen molar-refractivity contribution in [1.29, 1.82) is 0 Å². The van der Waals surface area contributed by atoms with E-state index in [-0.39, 0.29) is 37.5 Å². The molecule has 75 heavy (non-hydrogen) atoms. The standard InChI is InChI=1S/C69H122O6/c1-4-7-10-13-16-19-22-25-28-30-32-33-34-35-36-38-39-41-44-47-50-53-56-59-62-68(71)74-65-66(64-73-67(70)61-58-55-52-49-46-43-27-24-21-18-15-12-9-6-3)75-69(72)63-60-57-54-51-48-45-42-40-37-31-29-26-23-20-17-14-11-8-5-2/h8,11,17,20,26,29,37,40,45,48,54,57,66H,4-7,9-10,12-16,18-19,21-25,27-28,30-36,38-39,41-44,46-47,49-53,55-56,58-65H2,1-3H3/b11-8-,20-17-,29-26-,40-37-,48-45-,57-54-. The van der Waals surface area contributed by atoms with Crippen molar-refractivity contribution >= 4 is 17.9 Å². The van der Waals surface area contributed by atoms with Crippen molar-refractivity contribution in [3.05, 3.63) is 72.9 Å². The largest absolute Gasteiger partial charge is 0.462 e. The van der Waals surface area contributed by atoms with E-state index in [1.54, 1.807) is 0 Å². The number of hydrogen-bond donors (Lipinski definition) is 0. The van der Waals surface area contributed by atoms with E-state index >= 15 is 0 Å². The Hall–Kier alpha value is -3.15. The van der Waals surface area contributed by atoms with Crippen LogP contribution in [0.25, 0.3) is 0 Å². The van der Waals surface area contributed by atoms with Crippen LogP contribution in [0.5, 0.6) is 0 Å². The third-order valence-electron chi connectivity index (χ3n) is 14.2. The molecule has 434 valence electrons. The van der Waals surface area contributed by atoms with Crippen molar-refractivity contribution in [2.75, 3.05) is 13.2 Å². The summed E-state index contributed by atoms with van der Waals surface area (Å²) in [5, 5.41) is 0. The Bertz CT molecular complexity index is 1390. The van der Waals surface area contributed by atoms with E-state index < -0.39 is 6.10 Å². The SMILES string of the molecule is CC/C=C\C/C=C\C/C=C\C/C=C\C/C=C\C/C=C\CCC(=O)OC(COC(=O)CCCCCCCCCCCCCCCC)COC(=O)CCCCCCCCCCCCCCCCCCCCCCCCCC. The van der Waals surface area contributed by atoms with Crippen molar-refractivity contribution in [2.45, 2.75) is 335 Å². The zero-order valence-electron chi connectivity index (χ0n) is 49.8. The molecule has 0 aromatic rings. The molecular weight excluding hydrogens is 925 g/mol. The predicted molar refractivity (Wildman–Crippen MR) is 325 cm³/mol. The van der Waals surface area contributed by atoms with E-state index in [1.165, 1.54) is 205 Å².